The number of aromatic hydroxyl groups is 1. The highest BCUT2D eigenvalue weighted by atomic mass is 32.2. The SMILES string of the molecule is CC(C)(C1=N[C@@](C)(C(=O)O)CS1)[C@H](O)C1CSC(S)([C@H]2CSC(c3cc(N)ccc3O)=N2)N1. The maximum Gasteiger partial charge on any atom is 0.332 e. The number of carbonyl (C=O) groups is 1. The van der Waals surface area contributed by atoms with Crippen molar-refractivity contribution in [3.05, 3.63) is 23.8 Å². The van der Waals surface area contributed by atoms with E-state index in [1.165, 1.54) is 11.8 Å². The third-order valence-electron chi connectivity index (χ3n) is 6.20. The van der Waals surface area contributed by atoms with Crippen LogP contribution in [-0.2, 0) is 4.79 Å². The average Bonchev–Trinajstić information content (AvgIpc) is 3.49. The number of aliphatic hydroxyl groups is 1. The Hall–Kier alpha value is -1.05. The minimum atomic E-state index is -1.17. The van der Waals surface area contributed by atoms with Crippen LogP contribution in [0.4, 0.5) is 5.69 Å². The fourth-order valence-corrected chi connectivity index (χ4v) is 8.50. The van der Waals surface area contributed by atoms with E-state index in [-0.39, 0.29) is 17.8 Å². The normalized spacial score (nSPS) is 33.1. The number of carboxylic acid groups (broad SMARTS) is 1. The van der Waals surface area contributed by atoms with Gasteiger partial charge in [-0.05, 0) is 25.1 Å². The summed E-state index contributed by atoms with van der Waals surface area (Å²) < 4.78 is -0.688. The fraction of sp³-hybridized carbons (Fsp3) is 0.571. The second kappa shape index (κ2) is 8.87. The van der Waals surface area contributed by atoms with Gasteiger partial charge in [-0.25, -0.2) is 4.79 Å². The number of nitrogens with one attached hydrogen (secondary N) is 1. The smallest absolute Gasteiger partial charge is 0.332 e. The van der Waals surface area contributed by atoms with Crippen LogP contribution in [0.15, 0.2) is 28.2 Å². The number of nitrogens with zero attached hydrogens (tertiary/aromatic N) is 2. The first-order valence-electron chi connectivity index (χ1n) is 10.4. The molecule has 1 aromatic rings. The van der Waals surface area contributed by atoms with E-state index in [1.807, 2.05) is 13.8 Å². The summed E-state index contributed by atoms with van der Waals surface area (Å²) in [6, 6.07) is 4.47. The average molecular weight is 529 g/mol. The summed E-state index contributed by atoms with van der Waals surface area (Å²) in [6.07, 6.45) is -0.795. The Morgan fingerprint density at radius 2 is 2.09 bits per heavy atom. The molecule has 0 bridgehead atoms. The second-order valence-corrected chi connectivity index (χ2v) is 13.5. The number of hydrogen-bond donors (Lipinski definition) is 6. The molecule has 3 heterocycles. The number of carboxylic acids is 1. The van der Waals surface area contributed by atoms with E-state index in [4.69, 9.17) is 23.4 Å². The molecular weight excluding hydrogens is 501 g/mol. The van der Waals surface area contributed by atoms with Crippen molar-refractivity contribution in [1.82, 2.24) is 5.32 Å². The summed E-state index contributed by atoms with van der Waals surface area (Å²) in [6.45, 7) is 5.39. The molecule has 12 heteroatoms. The van der Waals surface area contributed by atoms with Gasteiger partial charge in [0.15, 0.2) is 5.54 Å². The maximum absolute atomic E-state index is 11.6. The van der Waals surface area contributed by atoms with Gasteiger partial charge in [0.25, 0.3) is 0 Å². The zero-order valence-electron chi connectivity index (χ0n) is 18.5. The molecule has 0 aromatic heterocycles. The van der Waals surface area contributed by atoms with E-state index >= 15 is 0 Å². The lowest BCUT2D eigenvalue weighted by atomic mass is 9.83. The number of phenols is 1. The van der Waals surface area contributed by atoms with E-state index in [2.05, 4.69) is 10.3 Å². The van der Waals surface area contributed by atoms with Gasteiger partial charge < -0.3 is 21.1 Å². The van der Waals surface area contributed by atoms with Crippen LogP contribution in [0, 0.1) is 5.41 Å². The van der Waals surface area contributed by atoms with Crippen molar-refractivity contribution in [2.75, 3.05) is 23.0 Å². The van der Waals surface area contributed by atoms with Crippen LogP contribution in [0.1, 0.15) is 26.3 Å². The Morgan fingerprint density at radius 3 is 2.76 bits per heavy atom. The molecule has 3 aliphatic rings. The summed E-state index contributed by atoms with van der Waals surface area (Å²) in [5.74, 6) is 0.828. The van der Waals surface area contributed by atoms with Gasteiger partial charge in [0, 0.05) is 34.4 Å². The van der Waals surface area contributed by atoms with Gasteiger partial charge in [0.1, 0.15) is 15.0 Å². The Morgan fingerprint density at radius 1 is 1.36 bits per heavy atom. The Bertz CT molecular complexity index is 1040. The third kappa shape index (κ3) is 4.62. The molecule has 1 aromatic carbocycles. The van der Waals surface area contributed by atoms with Gasteiger partial charge in [0.05, 0.1) is 22.8 Å². The Kier molecular flexibility index (Phi) is 6.73. The van der Waals surface area contributed by atoms with Crippen molar-refractivity contribution >= 4 is 69.7 Å². The molecule has 8 nitrogen and oxygen atoms in total. The lowest BCUT2D eigenvalue weighted by Gasteiger charge is -2.35. The number of nitrogens with two attached hydrogens (primary N) is 1. The highest BCUT2D eigenvalue weighted by Crippen LogP contribution is 2.46. The molecule has 0 aliphatic carbocycles. The number of hydrogen-bond acceptors (Lipinski definition) is 11. The predicted molar refractivity (Wildman–Crippen MR) is 142 cm³/mol. The molecule has 6 N–H and O–H groups in total. The van der Waals surface area contributed by atoms with Crippen molar-refractivity contribution in [3.63, 3.8) is 0 Å². The molecule has 0 spiro atoms. The maximum atomic E-state index is 11.6. The topological polar surface area (TPSA) is 141 Å². The van der Waals surface area contributed by atoms with Gasteiger partial charge in [-0.1, -0.05) is 13.8 Å². The molecule has 33 heavy (non-hydrogen) atoms. The van der Waals surface area contributed by atoms with E-state index < -0.39 is 27.2 Å². The minimum Gasteiger partial charge on any atom is -0.507 e. The largest absolute Gasteiger partial charge is 0.507 e. The summed E-state index contributed by atoms with van der Waals surface area (Å²) in [7, 11) is 0. The third-order valence-corrected chi connectivity index (χ3v) is 11.0. The molecular formula is C21H28N4O4S4. The van der Waals surface area contributed by atoms with Gasteiger partial charge in [-0.3, -0.25) is 15.3 Å². The first-order valence-corrected chi connectivity index (χ1v) is 13.8. The number of nitrogen functional groups attached to an aromatic ring is 1. The van der Waals surface area contributed by atoms with Crippen LogP contribution in [0.3, 0.4) is 0 Å². The lowest BCUT2D eigenvalue weighted by molar-refractivity contribution is -0.141. The van der Waals surface area contributed by atoms with Crippen molar-refractivity contribution in [2.24, 2.45) is 15.4 Å². The van der Waals surface area contributed by atoms with Crippen molar-refractivity contribution in [1.29, 1.82) is 0 Å². The Balaban J connectivity index is 1.49. The molecule has 2 unspecified atom stereocenters. The number of aliphatic hydroxyl groups excluding tert-OH is 1. The highest BCUT2D eigenvalue weighted by molar-refractivity contribution is 8.15. The quantitative estimate of drug-likeness (QED) is 0.187. The van der Waals surface area contributed by atoms with E-state index in [1.54, 1.807) is 48.6 Å². The molecule has 3 aliphatic heterocycles. The standard InChI is InChI=1S/C21H28N4O4S4/c1-19(2,17-25-20(3,9-32-17)18(28)29)15(27)12-7-33-21(30,24-12)14-8-31-16(23-14)11-6-10(22)4-5-13(11)26/h4-6,12,14-15,24,26-27,30H,7-9,22H2,1-3H3,(H,28,29)/t12?,14-,15-,20-,21?/m1/s1. The van der Waals surface area contributed by atoms with Crippen LogP contribution in [0.25, 0.3) is 0 Å². The van der Waals surface area contributed by atoms with Crippen LogP contribution < -0.4 is 11.1 Å². The van der Waals surface area contributed by atoms with E-state index in [9.17, 15) is 20.1 Å². The fourth-order valence-electron chi connectivity index (χ4n) is 3.94. The lowest BCUT2D eigenvalue weighted by Crippen LogP contribution is -2.54. The van der Waals surface area contributed by atoms with Crippen molar-refractivity contribution < 1.29 is 20.1 Å². The summed E-state index contributed by atoms with van der Waals surface area (Å²) in [5.41, 5.74) is 5.15. The number of thioether (sulfide) groups is 3. The molecule has 0 radical (unpaired) electrons. The monoisotopic (exact) mass is 528 g/mol. The van der Waals surface area contributed by atoms with Crippen LogP contribution >= 0.6 is 47.9 Å². The number of benzene rings is 1. The van der Waals surface area contributed by atoms with Crippen molar-refractivity contribution in [2.45, 2.75) is 48.7 Å². The van der Waals surface area contributed by atoms with E-state index in [0.717, 1.165) is 5.04 Å². The van der Waals surface area contributed by atoms with Crippen molar-refractivity contribution in [3.8, 4) is 5.75 Å². The van der Waals surface area contributed by atoms with Gasteiger partial charge in [-0.2, -0.15) is 0 Å². The summed E-state index contributed by atoms with van der Waals surface area (Å²) in [5, 5.41) is 35.8. The molecule has 1 saturated heterocycles. The molecule has 5 atom stereocenters. The number of phenolic OH excluding ortho intramolecular Hbond substituents is 1. The zero-order chi connectivity index (χ0) is 24.2. The summed E-state index contributed by atoms with van der Waals surface area (Å²) >= 11 is 9.44. The van der Waals surface area contributed by atoms with Gasteiger partial charge >= 0.3 is 5.97 Å². The van der Waals surface area contributed by atoms with Crippen LogP contribution in [0.2, 0.25) is 0 Å². The minimum absolute atomic E-state index is 0.134. The molecule has 4 rings (SSSR count). The molecule has 1 fully saturated rings. The second-order valence-electron chi connectivity index (χ2n) is 9.25. The van der Waals surface area contributed by atoms with Gasteiger partial charge in [-0.15, -0.1) is 47.9 Å². The number of thiol groups is 1. The van der Waals surface area contributed by atoms with Crippen LogP contribution in [-0.4, -0.2) is 76.6 Å². The number of aliphatic carboxylic acids is 1. The number of rotatable bonds is 6. The zero-order valence-corrected chi connectivity index (χ0v) is 21.8. The predicted octanol–water partition coefficient (Wildman–Crippen LogP) is 2.50. The molecule has 180 valence electrons. The molecule has 0 amide bonds. The number of anilines is 1. The highest BCUT2D eigenvalue weighted by Gasteiger charge is 2.52. The van der Waals surface area contributed by atoms with E-state index in [0.29, 0.717) is 33.6 Å². The summed E-state index contributed by atoms with van der Waals surface area (Å²) in [4.78, 5) is 20.9. The van der Waals surface area contributed by atoms with Gasteiger partial charge in [0.2, 0.25) is 0 Å². The molecule has 0 saturated carbocycles. The van der Waals surface area contributed by atoms with Crippen LogP contribution in [0.5, 0.6) is 5.75 Å². The first-order chi connectivity index (χ1) is 15.4. The first kappa shape index (κ1) is 25.1. The number of aliphatic imine (C=N–C) groups is 2. The Labute approximate surface area is 211 Å².